The Hall–Kier alpha value is -1.65. The third kappa shape index (κ3) is 3.26. The summed E-state index contributed by atoms with van der Waals surface area (Å²) in [6, 6.07) is 9.44. The molecule has 1 N–H and O–H groups in total. The quantitative estimate of drug-likeness (QED) is 0.850. The number of hydrogen-bond donors (Lipinski definition) is 1. The van der Waals surface area contributed by atoms with Crippen LogP contribution in [0.15, 0.2) is 35.7 Å². The number of thiophene rings is 1. The van der Waals surface area contributed by atoms with Crippen LogP contribution in [0.2, 0.25) is 0 Å². The summed E-state index contributed by atoms with van der Waals surface area (Å²) in [4.78, 5) is 14.9. The van der Waals surface area contributed by atoms with Crippen LogP contribution in [0.3, 0.4) is 0 Å². The molecule has 1 atom stereocenters. The number of benzene rings is 1. The van der Waals surface area contributed by atoms with Crippen molar-refractivity contribution in [3.63, 3.8) is 0 Å². The van der Waals surface area contributed by atoms with Crippen LogP contribution in [0.25, 0.3) is 0 Å². The molecule has 1 aromatic carbocycles. The number of rotatable bonds is 5. The fourth-order valence-corrected chi connectivity index (χ4v) is 2.93. The first-order chi connectivity index (χ1) is 9.49. The third-order valence-corrected chi connectivity index (χ3v) is 4.56. The standard InChI is InChI=1S/C16H19NO2S/c1-11(16-5-4-8-20-16)17(3)10-14-9-13(12(2)18)6-7-15(14)19/h4-9,11,19H,10H2,1-3H3. The topological polar surface area (TPSA) is 40.5 Å². The minimum Gasteiger partial charge on any atom is -0.508 e. The smallest absolute Gasteiger partial charge is 0.159 e. The Morgan fingerprint density at radius 2 is 2.15 bits per heavy atom. The van der Waals surface area contributed by atoms with Crippen molar-refractivity contribution in [2.75, 3.05) is 7.05 Å². The minimum atomic E-state index is 0.0141. The number of hydrogen-bond acceptors (Lipinski definition) is 4. The monoisotopic (exact) mass is 289 g/mol. The van der Waals surface area contributed by atoms with Crippen LogP contribution in [0, 0.1) is 0 Å². The molecule has 0 spiro atoms. The maximum atomic E-state index is 11.4. The second kappa shape index (κ2) is 6.20. The van der Waals surface area contributed by atoms with Crippen LogP contribution < -0.4 is 0 Å². The zero-order chi connectivity index (χ0) is 14.7. The van der Waals surface area contributed by atoms with Crippen molar-refractivity contribution in [1.82, 2.24) is 4.90 Å². The van der Waals surface area contributed by atoms with Gasteiger partial charge in [0.1, 0.15) is 5.75 Å². The van der Waals surface area contributed by atoms with E-state index < -0.39 is 0 Å². The van der Waals surface area contributed by atoms with E-state index in [0.29, 0.717) is 12.1 Å². The van der Waals surface area contributed by atoms with Gasteiger partial charge in [0.2, 0.25) is 0 Å². The van der Waals surface area contributed by atoms with Crippen molar-refractivity contribution in [3.05, 3.63) is 51.7 Å². The van der Waals surface area contributed by atoms with Gasteiger partial charge < -0.3 is 5.11 Å². The summed E-state index contributed by atoms with van der Waals surface area (Å²) in [5.74, 6) is 0.250. The SMILES string of the molecule is CC(=O)c1ccc(O)c(CN(C)C(C)c2cccs2)c1. The van der Waals surface area contributed by atoms with E-state index in [4.69, 9.17) is 0 Å². The van der Waals surface area contributed by atoms with Gasteiger partial charge >= 0.3 is 0 Å². The predicted octanol–water partition coefficient (Wildman–Crippen LogP) is 3.85. The van der Waals surface area contributed by atoms with Gasteiger partial charge in [-0.3, -0.25) is 9.69 Å². The Morgan fingerprint density at radius 1 is 1.40 bits per heavy atom. The van der Waals surface area contributed by atoms with Gasteiger partial charge in [0.15, 0.2) is 5.78 Å². The lowest BCUT2D eigenvalue weighted by Gasteiger charge is -2.24. The number of phenols is 1. The van der Waals surface area contributed by atoms with Crippen molar-refractivity contribution >= 4 is 17.1 Å². The van der Waals surface area contributed by atoms with Gasteiger partial charge in [0, 0.05) is 28.6 Å². The lowest BCUT2D eigenvalue weighted by Crippen LogP contribution is -2.21. The molecule has 4 heteroatoms. The summed E-state index contributed by atoms with van der Waals surface area (Å²) in [6.07, 6.45) is 0. The average molecular weight is 289 g/mol. The highest BCUT2D eigenvalue weighted by atomic mass is 32.1. The number of ketones is 1. The van der Waals surface area contributed by atoms with E-state index in [-0.39, 0.29) is 17.6 Å². The van der Waals surface area contributed by atoms with E-state index in [1.807, 2.05) is 13.1 Å². The molecule has 1 aromatic heterocycles. The van der Waals surface area contributed by atoms with Crippen LogP contribution in [-0.2, 0) is 6.54 Å². The normalized spacial score (nSPS) is 12.6. The predicted molar refractivity (Wildman–Crippen MR) is 82.3 cm³/mol. The van der Waals surface area contributed by atoms with Gasteiger partial charge in [-0.1, -0.05) is 6.07 Å². The Balaban J connectivity index is 2.17. The Labute approximate surface area is 123 Å². The molecule has 0 saturated carbocycles. The maximum Gasteiger partial charge on any atom is 0.159 e. The van der Waals surface area contributed by atoms with Crippen molar-refractivity contribution in [3.8, 4) is 5.75 Å². The second-order valence-corrected chi connectivity index (χ2v) is 5.99. The zero-order valence-corrected chi connectivity index (χ0v) is 12.8. The molecule has 0 aliphatic carbocycles. The summed E-state index contributed by atoms with van der Waals surface area (Å²) in [5, 5.41) is 12.0. The molecule has 1 heterocycles. The first-order valence-electron chi connectivity index (χ1n) is 6.55. The van der Waals surface area contributed by atoms with Crippen LogP contribution in [-0.4, -0.2) is 22.8 Å². The van der Waals surface area contributed by atoms with Gasteiger partial charge in [-0.25, -0.2) is 0 Å². The van der Waals surface area contributed by atoms with Crippen LogP contribution >= 0.6 is 11.3 Å². The first kappa shape index (κ1) is 14.8. The molecule has 0 radical (unpaired) electrons. The second-order valence-electron chi connectivity index (χ2n) is 5.01. The highest BCUT2D eigenvalue weighted by molar-refractivity contribution is 7.10. The lowest BCUT2D eigenvalue weighted by molar-refractivity contribution is 0.101. The van der Waals surface area contributed by atoms with Gasteiger partial charge in [-0.15, -0.1) is 11.3 Å². The van der Waals surface area contributed by atoms with Crippen LogP contribution in [0.5, 0.6) is 5.75 Å². The van der Waals surface area contributed by atoms with Crippen molar-refractivity contribution < 1.29 is 9.90 Å². The Bertz CT molecular complexity index is 593. The number of Topliss-reactive ketones (excluding diaryl/α,β-unsaturated/α-hetero) is 1. The van der Waals surface area contributed by atoms with Gasteiger partial charge in [-0.05, 0) is 50.5 Å². The maximum absolute atomic E-state index is 11.4. The zero-order valence-electron chi connectivity index (χ0n) is 12.0. The van der Waals surface area contributed by atoms with Crippen molar-refractivity contribution in [2.45, 2.75) is 26.4 Å². The Morgan fingerprint density at radius 3 is 2.75 bits per heavy atom. The molecule has 0 bridgehead atoms. The van der Waals surface area contributed by atoms with Gasteiger partial charge in [0.05, 0.1) is 0 Å². The number of carbonyl (C=O) groups excluding carboxylic acids is 1. The number of aromatic hydroxyl groups is 1. The number of carbonyl (C=O) groups is 1. The van der Waals surface area contributed by atoms with Crippen LogP contribution in [0.1, 0.15) is 40.7 Å². The lowest BCUT2D eigenvalue weighted by atomic mass is 10.1. The fraction of sp³-hybridized carbons (Fsp3) is 0.312. The molecule has 0 aliphatic heterocycles. The molecule has 2 rings (SSSR count). The van der Waals surface area contributed by atoms with E-state index in [2.05, 4.69) is 23.3 Å². The van der Waals surface area contributed by atoms with E-state index in [0.717, 1.165) is 5.56 Å². The summed E-state index contributed by atoms with van der Waals surface area (Å²) in [7, 11) is 2.02. The number of nitrogens with zero attached hydrogens (tertiary/aromatic N) is 1. The minimum absolute atomic E-state index is 0.0141. The van der Waals surface area contributed by atoms with E-state index in [9.17, 15) is 9.90 Å². The summed E-state index contributed by atoms with van der Waals surface area (Å²) in [5.41, 5.74) is 1.42. The molecule has 20 heavy (non-hydrogen) atoms. The molecule has 1 unspecified atom stereocenters. The molecule has 3 nitrogen and oxygen atoms in total. The summed E-state index contributed by atoms with van der Waals surface area (Å²) < 4.78 is 0. The molecule has 2 aromatic rings. The fourth-order valence-electron chi connectivity index (χ4n) is 2.08. The largest absolute Gasteiger partial charge is 0.508 e. The molecular formula is C16H19NO2S. The van der Waals surface area contributed by atoms with E-state index in [1.165, 1.54) is 11.8 Å². The van der Waals surface area contributed by atoms with E-state index >= 15 is 0 Å². The molecule has 0 saturated heterocycles. The van der Waals surface area contributed by atoms with Crippen LogP contribution in [0.4, 0.5) is 0 Å². The van der Waals surface area contributed by atoms with Gasteiger partial charge in [0.25, 0.3) is 0 Å². The van der Waals surface area contributed by atoms with Crippen molar-refractivity contribution in [2.24, 2.45) is 0 Å². The number of phenolic OH excluding ortho intramolecular Hbond substituents is 1. The first-order valence-corrected chi connectivity index (χ1v) is 7.43. The molecule has 0 aliphatic rings. The molecule has 106 valence electrons. The Kier molecular flexibility index (Phi) is 4.57. The summed E-state index contributed by atoms with van der Waals surface area (Å²) >= 11 is 1.72. The van der Waals surface area contributed by atoms with Crippen molar-refractivity contribution in [1.29, 1.82) is 0 Å². The molecule has 0 fully saturated rings. The average Bonchev–Trinajstić information content (AvgIpc) is 2.94. The highest BCUT2D eigenvalue weighted by Gasteiger charge is 2.15. The third-order valence-electron chi connectivity index (χ3n) is 3.52. The molecular weight excluding hydrogens is 270 g/mol. The van der Waals surface area contributed by atoms with E-state index in [1.54, 1.807) is 29.5 Å². The highest BCUT2D eigenvalue weighted by Crippen LogP contribution is 2.27. The van der Waals surface area contributed by atoms with Gasteiger partial charge in [-0.2, -0.15) is 0 Å². The summed E-state index contributed by atoms with van der Waals surface area (Å²) in [6.45, 7) is 4.28. The molecule has 0 amide bonds.